The molecule has 1 aliphatic heterocycles. The molecule has 1 aromatic heterocycles. The van der Waals surface area contributed by atoms with Crippen LogP contribution in [0.3, 0.4) is 0 Å². The maximum absolute atomic E-state index is 12.0. The van der Waals surface area contributed by atoms with Crippen molar-refractivity contribution in [2.75, 3.05) is 11.9 Å². The Morgan fingerprint density at radius 1 is 1.43 bits per heavy atom. The normalized spacial score (nSPS) is 17.9. The minimum atomic E-state index is -0.0494. The molecule has 21 heavy (non-hydrogen) atoms. The van der Waals surface area contributed by atoms with Gasteiger partial charge >= 0.3 is 0 Å². The molecule has 0 saturated carbocycles. The second-order valence-electron chi connectivity index (χ2n) is 5.09. The number of imidazole rings is 1. The molecule has 6 heteroatoms. The molecule has 1 amide bonds. The van der Waals surface area contributed by atoms with Crippen molar-refractivity contribution >= 4 is 23.4 Å². The highest BCUT2D eigenvalue weighted by molar-refractivity contribution is 7.99. The molecule has 5 nitrogen and oxygen atoms in total. The van der Waals surface area contributed by atoms with Gasteiger partial charge in [0.15, 0.2) is 5.16 Å². The molecular formula is C15H18N4OS. The predicted molar refractivity (Wildman–Crippen MR) is 83.4 cm³/mol. The average molecular weight is 302 g/mol. The van der Waals surface area contributed by atoms with Crippen molar-refractivity contribution in [1.82, 2.24) is 14.9 Å². The van der Waals surface area contributed by atoms with Crippen LogP contribution in [0.15, 0.2) is 46.7 Å². The Labute approximate surface area is 128 Å². The molecule has 0 bridgehead atoms. The molecule has 2 aromatic rings. The Bertz CT molecular complexity index is 617. The first-order chi connectivity index (χ1) is 10.2. The number of nitrogens with one attached hydrogen (secondary N) is 2. The first kappa shape index (κ1) is 14.2. The molecule has 2 heterocycles. The van der Waals surface area contributed by atoms with Crippen molar-refractivity contribution in [2.45, 2.75) is 28.9 Å². The van der Waals surface area contributed by atoms with Gasteiger partial charge < -0.3 is 15.2 Å². The van der Waals surface area contributed by atoms with Gasteiger partial charge in [-0.3, -0.25) is 4.79 Å². The van der Waals surface area contributed by atoms with Gasteiger partial charge in [0.25, 0.3) is 0 Å². The molecule has 110 valence electrons. The van der Waals surface area contributed by atoms with E-state index in [1.54, 1.807) is 18.0 Å². The second-order valence-corrected chi connectivity index (χ2v) is 6.13. The smallest absolute Gasteiger partial charge is 0.241 e. The van der Waals surface area contributed by atoms with E-state index in [4.69, 9.17) is 0 Å². The van der Waals surface area contributed by atoms with Crippen molar-refractivity contribution in [3.05, 3.63) is 36.7 Å². The Balaban J connectivity index is 1.61. The number of aromatic nitrogens is 2. The van der Waals surface area contributed by atoms with E-state index in [-0.39, 0.29) is 11.9 Å². The van der Waals surface area contributed by atoms with E-state index >= 15 is 0 Å². The summed E-state index contributed by atoms with van der Waals surface area (Å²) in [6.07, 6.45) is 5.69. The third-order valence-electron chi connectivity index (χ3n) is 3.48. The van der Waals surface area contributed by atoms with Crippen LogP contribution in [0.25, 0.3) is 0 Å². The number of hydrogen-bond acceptors (Lipinski definition) is 4. The molecule has 0 spiro atoms. The van der Waals surface area contributed by atoms with Gasteiger partial charge in [-0.1, -0.05) is 11.8 Å². The van der Waals surface area contributed by atoms with Crippen LogP contribution in [-0.2, 0) is 11.8 Å². The van der Waals surface area contributed by atoms with Crippen molar-refractivity contribution in [2.24, 2.45) is 7.05 Å². The molecule has 1 saturated heterocycles. The lowest BCUT2D eigenvalue weighted by atomic mass is 10.2. The first-order valence-corrected chi connectivity index (χ1v) is 7.83. The Morgan fingerprint density at radius 2 is 2.24 bits per heavy atom. The number of hydrogen-bond donors (Lipinski definition) is 2. The standard InChI is InChI=1S/C15H18N4OS/c1-19-10-9-17-15(19)21-12-6-4-11(5-7-12)18-14(20)13-3-2-8-16-13/h4-7,9-10,13,16H,2-3,8H2,1H3,(H,18,20). The van der Waals surface area contributed by atoms with Crippen LogP contribution in [0, 0.1) is 0 Å². The third-order valence-corrected chi connectivity index (χ3v) is 4.57. The fourth-order valence-corrected chi connectivity index (χ4v) is 3.10. The van der Waals surface area contributed by atoms with Crippen molar-refractivity contribution < 1.29 is 4.79 Å². The predicted octanol–water partition coefficient (Wildman–Crippen LogP) is 2.26. The summed E-state index contributed by atoms with van der Waals surface area (Å²) in [5, 5.41) is 7.09. The van der Waals surface area contributed by atoms with Crippen LogP contribution in [0.1, 0.15) is 12.8 Å². The quantitative estimate of drug-likeness (QED) is 0.909. The molecule has 1 fully saturated rings. The summed E-state index contributed by atoms with van der Waals surface area (Å²) in [5.74, 6) is 0.0528. The largest absolute Gasteiger partial charge is 0.329 e. The topological polar surface area (TPSA) is 59.0 Å². The van der Waals surface area contributed by atoms with E-state index in [0.29, 0.717) is 0 Å². The van der Waals surface area contributed by atoms with E-state index in [9.17, 15) is 4.79 Å². The molecule has 1 atom stereocenters. The zero-order valence-corrected chi connectivity index (χ0v) is 12.7. The summed E-state index contributed by atoms with van der Waals surface area (Å²) in [5.41, 5.74) is 0.831. The monoisotopic (exact) mass is 302 g/mol. The number of carbonyl (C=O) groups excluding carboxylic acids is 1. The minimum absolute atomic E-state index is 0.0494. The molecule has 0 aliphatic carbocycles. The van der Waals surface area contributed by atoms with Crippen LogP contribution in [0.5, 0.6) is 0 Å². The van der Waals surface area contributed by atoms with Gasteiger partial charge in [-0.15, -0.1) is 0 Å². The fraction of sp³-hybridized carbons (Fsp3) is 0.333. The van der Waals surface area contributed by atoms with Gasteiger partial charge in [0.1, 0.15) is 0 Å². The van der Waals surface area contributed by atoms with Crippen molar-refractivity contribution in [1.29, 1.82) is 0 Å². The summed E-state index contributed by atoms with van der Waals surface area (Å²) in [7, 11) is 1.97. The maximum Gasteiger partial charge on any atom is 0.241 e. The van der Waals surface area contributed by atoms with Crippen LogP contribution in [0.4, 0.5) is 5.69 Å². The summed E-state index contributed by atoms with van der Waals surface area (Å²) >= 11 is 1.60. The van der Waals surface area contributed by atoms with Gasteiger partial charge in [0.05, 0.1) is 6.04 Å². The SMILES string of the molecule is Cn1ccnc1Sc1ccc(NC(=O)C2CCCN2)cc1. The molecule has 1 aromatic carbocycles. The first-order valence-electron chi connectivity index (χ1n) is 7.02. The number of aryl methyl sites for hydroxylation is 1. The summed E-state index contributed by atoms with van der Waals surface area (Å²) in [6.45, 7) is 0.928. The number of amides is 1. The van der Waals surface area contributed by atoms with E-state index in [0.717, 1.165) is 35.1 Å². The van der Waals surface area contributed by atoms with Gasteiger partial charge in [0, 0.05) is 30.0 Å². The number of nitrogens with zero attached hydrogens (tertiary/aromatic N) is 2. The van der Waals surface area contributed by atoms with Gasteiger partial charge in [0.2, 0.25) is 5.91 Å². The molecule has 3 rings (SSSR count). The van der Waals surface area contributed by atoms with Crippen LogP contribution in [-0.4, -0.2) is 28.0 Å². The minimum Gasteiger partial charge on any atom is -0.329 e. The maximum atomic E-state index is 12.0. The van der Waals surface area contributed by atoms with Gasteiger partial charge in [-0.2, -0.15) is 0 Å². The highest BCUT2D eigenvalue weighted by Crippen LogP contribution is 2.26. The number of carbonyl (C=O) groups is 1. The second kappa shape index (κ2) is 6.32. The van der Waals surface area contributed by atoms with E-state index in [2.05, 4.69) is 15.6 Å². The van der Waals surface area contributed by atoms with E-state index in [1.165, 1.54) is 0 Å². The third kappa shape index (κ3) is 3.46. The number of anilines is 1. The number of rotatable bonds is 4. The van der Waals surface area contributed by atoms with E-state index < -0.39 is 0 Å². The summed E-state index contributed by atoms with van der Waals surface area (Å²) in [6, 6.07) is 7.80. The fourth-order valence-electron chi connectivity index (χ4n) is 2.30. The lowest BCUT2D eigenvalue weighted by Crippen LogP contribution is -2.35. The Kier molecular flexibility index (Phi) is 4.26. The van der Waals surface area contributed by atoms with Gasteiger partial charge in [-0.05, 0) is 43.7 Å². The molecule has 0 radical (unpaired) electrons. The lowest BCUT2D eigenvalue weighted by Gasteiger charge is -2.11. The molecular weight excluding hydrogens is 284 g/mol. The molecule has 1 unspecified atom stereocenters. The molecule has 1 aliphatic rings. The highest BCUT2D eigenvalue weighted by atomic mass is 32.2. The van der Waals surface area contributed by atoms with E-state index in [1.807, 2.05) is 42.1 Å². The highest BCUT2D eigenvalue weighted by Gasteiger charge is 2.21. The number of benzene rings is 1. The van der Waals surface area contributed by atoms with Crippen molar-refractivity contribution in [3.8, 4) is 0 Å². The summed E-state index contributed by atoms with van der Waals surface area (Å²) in [4.78, 5) is 17.4. The zero-order valence-electron chi connectivity index (χ0n) is 11.9. The van der Waals surface area contributed by atoms with Gasteiger partial charge in [-0.25, -0.2) is 4.98 Å². The average Bonchev–Trinajstić information content (AvgIpc) is 3.14. The zero-order chi connectivity index (χ0) is 14.7. The summed E-state index contributed by atoms with van der Waals surface area (Å²) < 4.78 is 1.98. The van der Waals surface area contributed by atoms with Crippen molar-refractivity contribution in [3.63, 3.8) is 0 Å². The Hall–Kier alpha value is -1.79. The van der Waals surface area contributed by atoms with Crippen LogP contribution in [0.2, 0.25) is 0 Å². The van der Waals surface area contributed by atoms with Crippen LogP contribution >= 0.6 is 11.8 Å². The molecule has 2 N–H and O–H groups in total. The lowest BCUT2D eigenvalue weighted by molar-refractivity contribution is -0.117. The Morgan fingerprint density at radius 3 is 2.86 bits per heavy atom. The van der Waals surface area contributed by atoms with Crippen LogP contribution < -0.4 is 10.6 Å².